The maximum absolute atomic E-state index is 13.5. The summed E-state index contributed by atoms with van der Waals surface area (Å²) in [6.07, 6.45) is -3.53. The van der Waals surface area contributed by atoms with Crippen LogP contribution in [0.5, 0.6) is 11.5 Å². The van der Waals surface area contributed by atoms with Crippen LogP contribution < -0.4 is 20.1 Å². The zero-order valence-electron chi connectivity index (χ0n) is 19.4. The van der Waals surface area contributed by atoms with E-state index < -0.39 is 29.4 Å². The second kappa shape index (κ2) is 9.69. The van der Waals surface area contributed by atoms with Crippen LogP contribution in [0.25, 0.3) is 5.82 Å². The number of nitrogens with one attached hydrogen (secondary N) is 2. The molecule has 0 fully saturated rings. The molecule has 0 spiro atoms. The Hall–Kier alpha value is -3.80. The lowest BCUT2D eigenvalue weighted by molar-refractivity contribution is -0.141. The first-order valence-corrected chi connectivity index (χ1v) is 11.2. The lowest BCUT2D eigenvalue weighted by Gasteiger charge is -2.24. The average molecular weight is 524 g/mol. The van der Waals surface area contributed by atoms with Crippen LogP contribution in [0.15, 0.2) is 30.5 Å². The fraction of sp³-hybridized carbons (Fsp3) is 0.304. The number of anilines is 1. The summed E-state index contributed by atoms with van der Waals surface area (Å²) in [4.78, 5) is 30.3. The monoisotopic (exact) mass is 523 g/mol. The number of aromatic nitrogens is 3. The summed E-state index contributed by atoms with van der Waals surface area (Å²) in [6.45, 7) is 5.64. The number of amides is 2. The van der Waals surface area contributed by atoms with Gasteiger partial charge in [0.2, 0.25) is 0 Å². The van der Waals surface area contributed by atoms with Crippen molar-refractivity contribution in [2.75, 3.05) is 18.5 Å². The molecule has 0 atom stereocenters. The van der Waals surface area contributed by atoms with Crippen molar-refractivity contribution in [2.45, 2.75) is 33.0 Å². The third-order valence-corrected chi connectivity index (χ3v) is 5.44. The van der Waals surface area contributed by atoms with E-state index >= 15 is 0 Å². The van der Waals surface area contributed by atoms with Crippen molar-refractivity contribution in [1.29, 1.82) is 0 Å². The molecule has 0 radical (unpaired) electrons. The highest BCUT2D eigenvalue weighted by Gasteiger charge is 2.37. The number of hydrogen-bond donors (Lipinski definition) is 2. The van der Waals surface area contributed by atoms with Gasteiger partial charge in [0.25, 0.3) is 11.8 Å². The van der Waals surface area contributed by atoms with Crippen molar-refractivity contribution in [2.24, 2.45) is 0 Å². The van der Waals surface area contributed by atoms with Crippen LogP contribution >= 0.6 is 11.6 Å². The molecule has 3 aromatic rings. The van der Waals surface area contributed by atoms with E-state index in [4.69, 9.17) is 21.1 Å². The average Bonchev–Trinajstić information content (AvgIpc) is 3.26. The number of fused-ring (bicyclic) bond motifs is 1. The molecule has 9 nitrogen and oxygen atoms in total. The van der Waals surface area contributed by atoms with Gasteiger partial charge in [0.1, 0.15) is 18.9 Å². The molecule has 36 heavy (non-hydrogen) atoms. The van der Waals surface area contributed by atoms with Crippen molar-refractivity contribution in [3.8, 4) is 17.3 Å². The third-order valence-electron chi connectivity index (χ3n) is 5.15. The van der Waals surface area contributed by atoms with Crippen LogP contribution in [0, 0.1) is 6.92 Å². The number of alkyl halides is 3. The zero-order chi connectivity index (χ0) is 26.2. The number of halogens is 4. The predicted molar refractivity (Wildman–Crippen MR) is 124 cm³/mol. The summed E-state index contributed by atoms with van der Waals surface area (Å²) in [7, 11) is 0. The first-order chi connectivity index (χ1) is 17.0. The van der Waals surface area contributed by atoms with Gasteiger partial charge in [-0.05, 0) is 39.0 Å². The van der Waals surface area contributed by atoms with E-state index in [-0.39, 0.29) is 41.3 Å². The Morgan fingerprint density at radius 1 is 1.17 bits per heavy atom. The van der Waals surface area contributed by atoms with Gasteiger partial charge >= 0.3 is 6.18 Å². The number of nitrogens with zero attached hydrogens (tertiary/aromatic N) is 3. The second-order valence-electron chi connectivity index (χ2n) is 8.16. The fourth-order valence-corrected chi connectivity index (χ4v) is 3.79. The zero-order valence-corrected chi connectivity index (χ0v) is 20.1. The van der Waals surface area contributed by atoms with Crippen LogP contribution in [0.2, 0.25) is 5.02 Å². The number of pyridine rings is 1. The van der Waals surface area contributed by atoms with Crippen molar-refractivity contribution in [1.82, 2.24) is 20.1 Å². The number of carbonyl (C=O) groups excluding carboxylic acids is 2. The van der Waals surface area contributed by atoms with Crippen molar-refractivity contribution < 1.29 is 32.2 Å². The molecule has 1 aromatic carbocycles. The van der Waals surface area contributed by atoms with Gasteiger partial charge in [-0.3, -0.25) is 9.59 Å². The molecular formula is C23H21ClF3N5O4. The third kappa shape index (κ3) is 4.94. The van der Waals surface area contributed by atoms with E-state index in [2.05, 4.69) is 20.7 Å². The molecule has 0 saturated heterocycles. The smallest absolute Gasteiger partial charge is 0.435 e. The molecule has 0 aliphatic carbocycles. The number of hydrogen-bond acceptors (Lipinski definition) is 6. The molecule has 2 amide bonds. The predicted octanol–water partition coefficient (Wildman–Crippen LogP) is 4.41. The molecule has 3 heterocycles. The fourth-order valence-electron chi connectivity index (χ4n) is 3.58. The van der Waals surface area contributed by atoms with Crippen LogP contribution in [0.3, 0.4) is 0 Å². The van der Waals surface area contributed by atoms with Gasteiger partial charge in [0, 0.05) is 23.9 Å². The minimum atomic E-state index is -4.84. The van der Waals surface area contributed by atoms with Gasteiger partial charge in [-0.15, -0.1) is 0 Å². The highest BCUT2D eigenvalue weighted by molar-refractivity contribution is 6.32. The molecule has 0 bridgehead atoms. The summed E-state index contributed by atoms with van der Waals surface area (Å²) in [5, 5.41) is 8.80. The van der Waals surface area contributed by atoms with Gasteiger partial charge in [0.15, 0.2) is 23.0 Å². The first-order valence-electron chi connectivity index (χ1n) is 10.8. The van der Waals surface area contributed by atoms with E-state index in [1.165, 1.54) is 24.4 Å². The molecule has 4 rings (SSSR count). The second-order valence-corrected chi connectivity index (χ2v) is 8.57. The quantitative estimate of drug-likeness (QED) is 0.513. The standard InChI is InChI=1S/C23H21ClF3N5O4/c1-11(2)29-21(33)13-9-16-19(36-8-7-35-16)12(3)18(13)30-22(34)15-10-17(23(25,26)27)31-32(15)20-14(24)5-4-6-28-20/h4-6,9-11H,7-8H2,1-3H3,(H,29,33)(H,30,34). The van der Waals surface area contributed by atoms with E-state index in [9.17, 15) is 22.8 Å². The maximum atomic E-state index is 13.5. The Morgan fingerprint density at radius 3 is 2.56 bits per heavy atom. The minimum Gasteiger partial charge on any atom is -0.486 e. The number of ether oxygens (including phenoxy) is 2. The molecule has 2 aromatic heterocycles. The van der Waals surface area contributed by atoms with E-state index in [1.54, 1.807) is 20.8 Å². The van der Waals surface area contributed by atoms with Crippen molar-refractivity contribution in [3.05, 3.63) is 58.0 Å². The van der Waals surface area contributed by atoms with E-state index in [1.807, 2.05) is 0 Å². The summed E-state index contributed by atoms with van der Waals surface area (Å²) >= 11 is 6.12. The van der Waals surface area contributed by atoms with E-state index in [0.717, 1.165) is 0 Å². The Morgan fingerprint density at radius 2 is 1.89 bits per heavy atom. The topological polar surface area (TPSA) is 107 Å². The van der Waals surface area contributed by atoms with Crippen LogP contribution in [0.4, 0.5) is 18.9 Å². The molecule has 1 aliphatic rings. The summed E-state index contributed by atoms with van der Waals surface area (Å²) in [6, 6.07) is 4.67. The first kappa shape index (κ1) is 25.3. The van der Waals surface area contributed by atoms with Gasteiger partial charge in [-0.2, -0.15) is 18.3 Å². The molecule has 2 N–H and O–H groups in total. The lowest BCUT2D eigenvalue weighted by Crippen LogP contribution is -2.32. The Balaban J connectivity index is 1.82. The number of benzene rings is 1. The lowest BCUT2D eigenvalue weighted by atomic mass is 10.0. The Labute approximate surface area is 208 Å². The van der Waals surface area contributed by atoms with E-state index in [0.29, 0.717) is 27.8 Å². The summed E-state index contributed by atoms with van der Waals surface area (Å²) < 4.78 is 52.4. The van der Waals surface area contributed by atoms with Gasteiger partial charge in [0.05, 0.1) is 16.3 Å². The molecule has 190 valence electrons. The van der Waals surface area contributed by atoms with Crippen molar-refractivity contribution >= 4 is 29.1 Å². The maximum Gasteiger partial charge on any atom is 0.435 e. The highest BCUT2D eigenvalue weighted by Crippen LogP contribution is 2.41. The molecule has 1 aliphatic heterocycles. The Bertz CT molecular complexity index is 1340. The Kier molecular flexibility index (Phi) is 6.81. The van der Waals surface area contributed by atoms with Gasteiger partial charge in [-0.25, -0.2) is 9.67 Å². The minimum absolute atomic E-state index is 0.0177. The summed E-state index contributed by atoms with van der Waals surface area (Å²) in [5.41, 5.74) is -1.33. The highest BCUT2D eigenvalue weighted by atomic mass is 35.5. The van der Waals surface area contributed by atoms with Crippen molar-refractivity contribution in [3.63, 3.8) is 0 Å². The molecular weight excluding hydrogens is 503 g/mol. The van der Waals surface area contributed by atoms with Crippen LogP contribution in [0.1, 0.15) is 46.0 Å². The normalized spacial score (nSPS) is 13.0. The number of rotatable bonds is 5. The van der Waals surface area contributed by atoms with Crippen LogP contribution in [-0.4, -0.2) is 45.8 Å². The SMILES string of the molecule is Cc1c(NC(=O)c2cc(C(F)(F)F)nn2-c2ncccc2Cl)c(C(=O)NC(C)C)cc2c1OCCO2. The van der Waals surface area contributed by atoms with Gasteiger partial charge < -0.3 is 20.1 Å². The molecule has 13 heteroatoms. The van der Waals surface area contributed by atoms with Crippen LogP contribution in [-0.2, 0) is 6.18 Å². The molecule has 0 saturated carbocycles. The van der Waals surface area contributed by atoms with Gasteiger partial charge in [-0.1, -0.05) is 11.6 Å². The number of carbonyl (C=O) groups is 2. The largest absolute Gasteiger partial charge is 0.486 e. The summed E-state index contributed by atoms with van der Waals surface area (Å²) in [5.74, 6) is -1.03. The molecule has 0 unspecified atom stereocenters.